The molecule has 4 N–H and O–H groups in total. The van der Waals surface area contributed by atoms with Gasteiger partial charge in [0, 0.05) is 28.2 Å². The molecule has 1 aliphatic heterocycles. The summed E-state index contributed by atoms with van der Waals surface area (Å²) in [5.74, 6) is 4.03. The number of imide groups is 1. The smallest absolute Gasteiger partial charge is 0.280 e. The van der Waals surface area contributed by atoms with Crippen LogP contribution in [-0.2, 0) is 9.59 Å². The van der Waals surface area contributed by atoms with Crippen molar-refractivity contribution in [2.75, 3.05) is 33.2 Å². The Hall–Kier alpha value is -3.07. The summed E-state index contributed by atoms with van der Waals surface area (Å²) in [5.41, 5.74) is -0.0462. The van der Waals surface area contributed by atoms with E-state index < -0.39 is 17.7 Å². The maximum atomic E-state index is 12.3. The van der Waals surface area contributed by atoms with Gasteiger partial charge in [-0.05, 0) is 12.1 Å². The fourth-order valence-electron chi connectivity index (χ4n) is 2.34. The van der Waals surface area contributed by atoms with E-state index in [0.29, 0.717) is 0 Å². The normalized spacial score (nSPS) is 14.3. The lowest BCUT2D eigenvalue weighted by Crippen LogP contribution is -2.37. The molecule has 128 valence electrons. The van der Waals surface area contributed by atoms with Crippen molar-refractivity contribution in [3.63, 3.8) is 0 Å². The highest BCUT2D eigenvalue weighted by Gasteiger charge is 2.39. The minimum absolute atomic E-state index is 0.00809. The first-order chi connectivity index (χ1) is 11.2. The number of nitrogens with one attached hydrogen (secondary N) is 1. The van der Waals surface area contributed by atoms with Crippen LogP contribution < -0.4 is 16.2 Å². The number of rotatable bonds is 4. The van der Waals surface area contributed by atoms with Gasteiger partial charge in [-0.15, -0.1) is 0 Å². The highest BCUT2D eigenvalue weighted by atomic mass is 16.3. The zero-order valence-corrected chi connectivity index (χ0v) is 13.8. The average molecular weight is 333 g/mol. The number of carbonyl (C=O) groups excluding carboxylic acids is 3. The standard InChI is InChI=1S/C15H19N5O4/c1-17-10-11(15(24)19(4)14(10)23)20(16)9-7-5-6-8(12(9)21)13(22)18(2)3/h5-7,17,21H,16H2,1-4H3. The molecular weight excluding hydrogens is 314 g/mol. The Morgan fingerprint density at radius 1 is 1.25 bits per heavy atom. The Bertz CT molecular complexity index is 756. The quantitative estimate of drug-likeness (QED) is 0.375. The Morgan fingerprint density at radius 3 is 2.42 bits per heavy atom. The van der Waals surface area contributed by atoms with Crippen LogP contribution in [0.1, 0.15) is 10.4 Å². The number of amides is 3. The molecule has 9 heteroatoms. The molecule has 1 heterocycles. The maximum absolute atomic E-state index is 12.3. The second-order valence-corrected chi connectivity index (χ2v) is 5.39. The molecule has 1 aliphatic rings. The number of hydrogen-bond donors (Lipinski definition) is 3. The summed E-state index contributed by atoms with van der Waals surface area (Å²) in [4.78, 5) is 38.6. The lowest BCUT2D eigenvalue weighted by Gasteiger charge is -2.22. The number of likely N-dealkylation sites (N-methyl/N-ethyl adjacent to an activating group) is 2. The van der Waals surface area contributed by atoms with Crippen LogP contribution in [0.15, 0.2) is 29.6 Å². The van der Waals surface area contributed by atoms with Gasteiger partial charge >= 0.3 is 0 Å². The maximum Gasteiger partial charge on any atom is 0.280 e. The van der Waals surface area contributed by atoms with Crippen molar-refractivity contribution in [2.45, 2.75) is 0 Å². The first-order valence-corrected chi connectivity index (χ1v) is 7.05. The molecule has 0 aromatic heterocycles. The van der Waals surface area contributed by atoms with Crippen LogP contribution in [0.25, 0.3) is 0 Å². The van der Waals surface area contributed by atoms with Crippen molar-refractivity contribution in [1.82, 2.24) is 15.1 Å². The second kappa shape index (κ2) is 6.20. The third kappa shape index (κ3) is 2.54. The zero-order valence-electron chi connectivity index (χ0n) is 13.8. The first-order valence-electron chi connectivity index (χ1n) is 7.05. The molecule has 0 spiro atoms. The highest BCUT2D eigenvalue weighted by molar-refractivity contribution is 6.20. The van der Waals surface area contributed by atoms with E-state index in [1.807, 2.05) is 0 Å². The molecule has 0 saturated carbocycles. The van der Waals surface area contributed by atoms with Gasteiger partial charge in [-0.3, -0.25) is 24.3 Å². The number of phenols is 1. The third-order valence-electron chi connectivity index (χ3n) is 3.66. The third-order valence-corrected chi connectivity index (χ3v) is 3.66. The molecule has 1 aromatic rings. The number of hydrazine groups is 1. The van der Waals surface area contributed by atoms with Crippen LogP contribution in [0.4, 0.5) is 5.69 Å². The predicted octanol–water partition coefficient (Wildman–Crippen LogP) is -0.796. The molecule has 1 aromatic carbocycles. The molecule has 0 aliphatic carbocycles. The Labute approximate surface area is 138 Å². The minimum atomic E-state index is -0.615. The van der Waals surface area contributed by atoms with Gasteiger partial charge in [-0.25, -0.2) is 5.84 Å². The number of nitrogens with zero attached hydrogens (tertiary/aromatic N) is 3. The van der Waals surface area contributed by atoms with Crippen LogP contribution in [-0.4, -0.2) is 60.8 Å². The number of benzene rings is 1. The molecule has 0 bridgehead atoms. The largest absolute Gasteiger partial charge is 0.505 e. The Balaban J connectivity index is 2.55. The summed E-state index contributed by atoms with van der Waals surface area (Å²) in [7, 11) is 5.91. The molecule has 3 amide bonds. The molecule has 24 heavy (non-hydrogen) atoms. The van der Waals surface area contributed by atoms with Gasteiger partial charge in [0.05, 0.1) is 5.56 Å². The molecule has 0 fully saturated rings. The van der Waals surface area contributed by atoms with E-state index in [9.17, 15) is 19.5 Å². The Kier molecular flexibility index (Phi) is 4.47. The fraction of sp³-hybridized carbons (Fsp3) is 0.267. The monoisotopic (exact) mass is 333 g/mol. The van der Waals surface area contributed by atoms with Crippen LogP contribution in [0.5, 0.6) is 5.75 Å². The van der Waals surface area contributed by atoms with Crippen LogP contribution in [0.2, 0.25) is 0 Å². The van der Waals surface area contributed by atoms with Crippen molar-refractivity contribution < 1.29 is 19.5 Å². The Morgan fingerprint density at radius 2 is 1.88 bits per heavy atom. The van der Waals surface area contributed by atoms with Crippen LogP contribution in [0.3, 0.4) is 0 Å². The van der Waals surface area contributed by atoms with E-state index >= 15 is 0 Å². The van der Waals surface area contributed by atoms with Crippen molar-refractivity contribution >= 4 is 23.4 Å². The van der Waals surface area contributed by atoms with E-state index in [2.05, 4.69) is 5.32 Å². The van der Waals surface area contributed by atoms with Crippen LogP contribution >= 0.6 is 0 Å². The lowest BCUT2D eigenvalue weighted by molar-refractivity contribution is -0.136. The number of para-hydroxylation sites is 1. The van der Waals surface area contributed by atoms with E-state index in [-0.39, 0.29) is 28.4 Å². The summed E-state index contributed by atoms with van der Waals surface area (Å²) in [5, 5.41) is 13.9. The van der Waals surface area contributed by atoms with Gasteiger partial charge in [0.15, 0.2) is 11.4 Å². The average Bonchev–Trinajstić information content (AvgIpc) is 2.77. The summed E-state index contributed by atoms with van der Waals surface area (Å²) in [6.45, 7) is 0. The number of phenolic OH excluding ortho intramolecular Hbond substituents is 1. The molecule has 9 nitrogen and oxygen atoms in total. The fourth-order valence-corrected chi connectivity index (χ4v) is 2.34. The summed E-state index contributed by atoms with van der Waals surface area (Å²) >= 11 is 0. The number of aromatic hydroxyl groups is 1. The van der Waals surface area contributed by atoms with E-state index in [4.69, 9.17) is 5.84 Å². The topological polar surface area (TPSA) is 119 Å². The second-order valence-electron chi connectivity index (χ2n) is 5.39. The van der Waals surface area contributed by atoms with Crippen molar-refractivity contribution in [1.29, 1.82) is 0 Å². The zero-order chi connectivity index (χ0) is 18.2. The van der Waals surface area contributed by atoms with Gasteiger partial charge in [-0.1, -0.05) is 6.07 Å². The summed E-state index contributed by atoms with van der Waals surface area (Å²) < 4.78 is 0. The number of carbonyl (C=O) groups is 3. The molecule has 0 unspecified atom stereocenters. The predicted molar refractivity (Wildman–Crippen MR) is 86.7 cm³/mol. The van der Waals surface area contributed by atoms with E-state index in [1.165, 1.54) is 37.2 Å². The highest BCUT2D eigenvalue weighted by Crippen LogP contribution is 2.33. The van der Waals surface area contributed by atoms with Gasteiger partial charge in [0.2, 0.25) is 0 Å². The molecule has 0 atom stereocenters. The molecule has 0 radical (unpaired) electrons. The van der Waals surface area contributed by atoms with Gasteiger partial charge < -0.3 is 15.3 Å². The van der Waals surface area contributed by atoms with Crippen molar-refractivity contribution in [2.24, 2.45) is 5.84 Å². The van der Waals surface area contributed by atoms with Crippen molar-refractivity contribution in [3.05, 3.63) is 35.2 Å². The number of nitrogens with two attached hydrogens (primary N) is 1. The molecule has 2 rings (SSSR count). The van der Waals surface area contributed by atoms with Gasteiger partial charge in [0.1, 0.15) is 11.4 Å². The van der Waals surface area contributed by atoms with E-state index in [1.54, 1.807) is 14.1 Å². The first kappa shape index (κ1) is 17.3. The van der Waals surface area contributed by atoms with Gasteiger partial charge in [0.25, 0.3) is 17.7 Å². The SMILES string of the molecule is CNC1=C(N(N)c2cccc(C(=O)N(C)C)c2O)C(=O)N(C)C1=O. The summed E-state index contributed by atoms with van der Waals surface area (Å²) in [6, 6.07) is 4.41. The van der Waals surface area contributed by atoms with Crippen molar-refractivity contribution in [3.8, 4) is 5.75 Å². The molecule has 0 saturated heterocycles. The number of anilines is 1. The lowest BCUT2D eigenvalue weighted by atomic mass is 10.1. The van der Waals surface area contributed by atoms with Crippen LogP contribution in [0, 0.1) is 0 Å². The number of hydrogen-bond acceptors (Lipinski definition) is 7. The summed E-state index contributed by atoms with van der Waals surface area (Å²) in [6.07, 6.45) is 0. The minimum Gasteiger partial charge on any atom is -0.505 e. The van der Waals surface area contributed by atoms with Gasteiger partial charge in [-0.2, -0.15) is 0 Å². The molecular formula is C15H19N5O4. The van der Waals surface area contributed by atoms with E-state index in [0.717, 1.165) is 9.91 Å².